The molecule has 2 rings (SSSR count). The Morgan fingerprint density at radius 2 is 1.90 bits per heavy atom. The number of hydrogen-bond acceptors (Lipinski definition) is 4. The van der Waals surface area contributed by atoms with Crippen molar-refractivity contribution in [3.8, 4) is 0 Å². The van der Waals surface area contributed by atoms with Crippen LogP contribution >= 0.6 is 11.8 Å². The minimum atomic E-state index is -4.27. The average molecular weight is 320 g/mol. The Morgan fingerprint density at radius 3 is 2.52 bits per heavy atom. The first-order valence-electron chi connectivity index (χ1n) is 6.91. The lowest BCUT2D eigenvalue weighted by Gasteiger charge is -2.29. The van der Waals surface area contributed by atoms with Gasteiger partial charge in [0.25, 0.3) is 0 Å². The summed E-state index contributed by atoms with van der Waals surface area (Å²) in [6.07, 6.45) is 0.999. The van der Waals surface area contributed by atoms with E-state index in [4.69, 9.17) is 0 Å². The minimum absolute atomic E-state index is 0.0360. The molecule has 1 unspecified atom stereocenters. The van der Waals surface area contributed by atoms with Crippen LogP contribution in [0, 0.1) is 0 Å². The molecule has 21 heavy (non-hydrogen) atoms. The number of rotatable bonds is 4. The van der Waals surface area contributed by atoms with E-state index in [-0.39, 0.29) is 29.3 Å². The van der Waals surface area contributed by atoms with Gasteiger partial charge in [-0.1, -0.05) is 12.1 Å². The largest absolute Gasteiger partial charge is 0.446 e. The summed E-state index contributed by atoms with van der Waals surface area (Å²) in [5.74, 6) is 0. The topological polar surface area (TPSA) is 35.5 Å². The van der Waals surface area contributed by atoms with Crippen LogP contribution in [0.1, 0.15) is 18.0 Å². The van der Waals surface area contributed by atoms with Crippen LogP contribution < -0.4 is 5.32 Å². The van der Waals surface area contributed by atoms with Crippen LogP contribution in [0.2, 0.25) is 0 Å². The second-order valence-electron chi connectivity index (χ2n) is 4.95. The highest BCUT2D eigenvalue weighted by Gasteiger charge is 2.29. The second kappa shape index (κ2) is 7.49. The average Bonchev–Trinajstić information content (AvgIpc) is 2.69. The van der Waals surface area contributed by atoms with Gasteiger partial charge in [0, 0.05) is 24.5 Å². The van der Waals surface area contributed by atoms with Gasteiger partial charge >= 0.3 is 5.51 Å². The Bertz CT molecular complexity index is 431. The van der Waals surface area contributed by atoms with Crippen LogP contribution in [0.5, 0.6) is 0 Å². The quantitative estimate of drug-likeness (QED) is 0.836. The Balaban J connectivity index is 2.07. The van der Waals surface area contributed by atoms with Crippen molar-refractivity contribution in [2.45, 2.75) is 22.9 Å². The molecule has 1 aromatic carbocycles. The zero-order valence-electron chi connectivity index (χ0n) is 11.6. The van der Waals surface area contributed by atoms with E-state index in [1.165, 1.54) is 12.1 Å². The van der Waals surface area contributed by atoms with Crippen LogP contribution in [0.15, 0.2) is 29.2 Å². The van der Waals surface area contributed by atoms with E-state index in [1.54, 1.807) is 12.1 Å². The molecule has 0 aliphatic carbocycles. The molecule has 0 spiro atoms. The number of benzene rings is 1. The van der Waals surface area contributed by atoms with E-state index in [1.807, 2.05) is 0 Å². The number of nitrogens with zero attached hydrogens (tertiary/aromatic N) is 1. The van der Waals surface area contributed by atoms with E-state index in [0.717, 1.165) is 38.2 Å². The van der Waals surface area contributed by atoms with Crippen LogP contribution in [0.3, 0.4) is 0 Å². The van der Waals surface area contributed by atoms with E-state index in [0.29, 0.717) is 0 Å². The minimum Gasteiger partial charge on any atom is -0.394 e. The molecule has 1 atom stereocenters. The Kier molecular flexibility index (Phi) is 5.92. The lowest BCUT2D eigenvalue weighted by molar-refractivity contribution is -0.0328. The number of alkyl halides is 3. The third-order valence-corrected chi connectivity index (χ3v) is 4.23. The summed E-state index contributed by atoms with van der Waals surface area (Å²) in [6.45, 7) is 3.47. The van der Waals surface area contributed by atoms with Crippen molar-refractivity contribution in [2.24, 2.45) is 0 Å². The summed E-state index contributed by atoms with van der Waals surface area (Å²) in [4.78, 5) is 2.34. The number of halogens is 3. The number of thioether (sulfide) groups is 1. The van der Waals surface area contributed by atoms with Crippen LogP contribution in [0.4, 0.5) is 13.2 Å². The zero-order valence-corrected chi connectivity index (χ0v) is 12.4. The Morgan fingerprint density at radius 1 is 1.19 bits per heavy atom. The third-order valence-electron chi connectivity index (χ3n) is 3.49. The number of nitrogens with one attached hydrogen (secondary N) is 1. The van der Waals surface area contributed by atoms with Crippen LogP contribution in [0.25, 0.3) is 0 Å². The normalized spacial score (nSPS) is 19.2. The molecule has 1 aromatic rings. The van der Waals surface area contributed by atoms with Gasteiger partial charge in [0.05, 0.1) is 12.6 Å². The van der Waals surface area contributed by atoms with Crippen molar-refractivity contribution < 1.29 is 18.3 Å². The standard InChI is InChI=1S/C14H19F3N2OS/c15-14(16,17)21-12-4-2-11(3-5-12)13(10-20)19-8-1-6-18-7-9-19/h2-5,13,18,20H,1,6-10H2. The summed E-state index contributed by atoms with van der Waals surface area (Å²) < 4.78 is 36.9. The van der Waals surface area contributed by atoms with Crippen molar-refractivity contribution in [2.75, 3.05) is 32.8 Å². The third kappa shape index (κ3) is 5.18. The van der Waals surface area contributed by atoms with Crippen molar-refractivity contribution in [1.29, 1.82) is 0 Å². The summed E-state index contributed by atoms with van der Waals surface area (Å²) >= 11 is -0.118. The van der Waals surface area contributed by atoms with Gasteiger partial charge in [-0.3, -0.25) is 4.90 Å². The highest BCUT2D eigenvalue weighted by molar-refractivity contribution is 8.00. The highest BCUT2D eigenvalue weighted by Crippen LogP contribution is 2.37. The SMILES string of the molecule is OCC(c1ccc(SC(F)(F)F)cc1)N1CCCNCC1. The van der Waals surface area contributed by atoms with Crippen LogP contribution in [-0.2, 0) is 0 Å². The fourth-order valence-corrected chi connectivity index (χ4v) is 3.04. The monoisotopic (exact) mass is 320 g/mol. The fourth-order valence-electron chi connectivity index (χ4n) is 2.50. The van der Waals surface area contributed by atoms with Gasteiger partial charge in [-0.25, -0.2) is 0 Å². The maximum atomic E-state index is 12.3. The lowest BCUT2D eigenvalue weighted by Crippen LogP contribution is -2.34. The molecule has 1 heterocycles. The summed E-state index contributed by atoms with van der Waals surface area (Å²) in [6, 6.07) is 6.12. The van der Waals surface area contributed by atoms with E-state index in [9.17, 15) is 18.3 Å². The van der Waals surface area contributed by atoms with E-state index in [2.05, 4.69) is 10.2 Å². The van der Waals surface area contributed by atoms with Gasteiger partial charge in [0.2, 0.25) is 0 Å². The van der Waals surface area contributed by atoms with E-state index < -0.39 is 5.51 Å². The Labute approximate surface area is 126 Å². The summed E-state index contributed by atoms with van der Waals surface area (Å²) in [5.41, 5.74) is -3.42. The predicted octanol–water partition coefficient (Wildman–Crippen LogP) is 2.63. The molecule has 1 aliphatic heterocycles. The van der Waals surface area contributed by atoms with Crippen molar-refractivity contribution in [3.05, 3.63) is 29.8 Å². The molecule has 1 aliphatic rings. The summed E-state index contributed by atoms with van der Waals surface area (Å²) in [7, 11) is 0. The molecule has 0 aromatic heterocycles. The van der Waals surface area contributed by atoms with Gasteiger partial charge < -0.3 is 10.4 Å². The predicted molar refractivity (Wildman–Crippen MR) is 77.2 cm³/mol. The molecule has 118 valence electrons. The second-order valence-corrected chi connectivity index (χ2v) is 6.09. The van der Waals surface area contributed by atoms with Gasteiger partial charge in [0.15, 0.2) is 0 Å². The number of aliphatic hydroxyl groups excluding tert-OH is 1. The first kappa shape index (κ1) is 16.6. The molecule has 0 saturated carbocycles. The molecule has 2 N–H and O–H groups in total. The molecular formula is C14H19F3N2OS. The summed E-state index contributed by atoms with van der Waals surface area (Å²) in [5, 5.41) is 12.9. The highest BCUT2D eigenvalue weighted by atomic mass is 32.2. The molecular weight excluding hydrogens is 301 g/mol. The van der Waals surface area contributed by atoms with Gasteiger partial charge in [-0.15, -0.1) is 0 Å². The number of hydrogen-bond donors (Lipinski definition) is 2. The van der Waals surface area contributed by atoms with Gasteiger partial charge in [-0.05, 0) is 42.4 Å². The smallest absolute Gasteiger partial charge is 0.394 e. The molecule has 0 radical (unpaired) electrons. The van der Waals surface area contributed by atoms with Gasteiger partial charge in [0.1, 0.15) is 0 Å². The van der Waals surface area contributed by atoms with Crippen molar-refractivity contribution >= 4 is 11.8 Å². The van der Waals surface area contributed by atoms with Crippen LogP contribution in [-0.4, -0.2) is 48.3 Å². The molecule has 1 fully saturated rings. The Hall–Kier alpha value is -0.760. The lowest BCUT2D eigenvalue weighted by atomic mass is 10.1. The molecule has 3 nitrogen and oxygen atoms in total. The molecule has 1 saturated heterocycles. The molecule has 0 bridgehead atoms. The first-order valence-corrected chi connectivity index (χ1v) is 7.72. The van der Waals surface area contributed by atoms with E-state index >= 15 is 0 Å². The van der Waals surface area contributed by atoms with Gasteiger partial charge in [-0.2, -0.15) is 13.2 Å². The molecule has 0 amide bonds. The maximum Gasteiger partial charge on any atom is 0.446 e. The maximum absolute atomic E-state index is 12.3. The fraction of sp³-hybridized carbons (Fsp3) is 0.571. The van der Waals surface area contributed by atoms with Crippen molar-refractivity contribution in [3.63, 3.8) is 0 Å². The first-order chi connectivity index (χ1) is 9.99. The molecule has 7 heteroatoms. The number of aliphatic hydroxyl groups is 1. The zero-order chi connectivity index (χ0) is 15.3. The van der Waals surface area contributed by atoms with Crippen molar-refractivity contribution in [1.82, 2.24) is 10.2 Å².